The first kappa shape index (κ1) is 18.9. The molecule has 6 nitrogen and oxygen atoms in total. The first-order valence-electron chi connectivity index (χ1n) is 10.6. The molecule has 1 saturated heterocycles. The van der Waals surface area contributed by atoms with Crippen LogP contribution in [0.4, 0.5) is 0 Å². The maximum atomic E-state index is 12.7. The Labute approximate surface area is 174 Å². The van der Waals surface area contributed by atoms with E-state index in [0.717, 1.165) is 25.9 Å². The van der Waals surface area contributed by atoms with E-state index in [1.165, 1.54) is 26.6 Å². The van der Waals surface area contributed by atoms with Crippen molar-refractivity contribution in [3.05, 3.63) is 80.6 Å². The zero-order valence-electron chi connectivity index (χ0n) is 17.1. The molecule has 4 aromatic rings. The minimum absolute atomic E-state index is 0.210. The second-order valence-corrected chi connectivity index (χ2v) is 8.29. The van der Waals surface area contributed by atoms with Crippen molar-refractivity contribution in [3.63, 3.8) is 0 Å². The van der Waals surface area contributed by atoms with E-state index in [2.05, 4.69) is 46.2 Å². The summed E-state index contributed by atoms with van der Waals surface area (Å²) in [5.74, 6) is 0.545. The van der Waals surface area contributed by atoms with Gasteiger partial charge < -0.3 is 14.9 Å². The van der Waals surface area contributed by atoms with Gasteiger partial charge in [0, 0.05) is 30.2 Å². The maximum absolute atomic E-state index is 12.7. The summed E-state index contributed by atoms with van der Waals surface area (Å²) in [7, 11) is 0. The fraction of sp³-hybridized carbons (Fsp3) is 0.333. The normalized spacial score (nSPS) is 15.9. The van der Waals surface area contributed by atoms with Gasteiger partial charge in [-0.1, -0.05) is 30.3 Å². The molecule has 0 unspecified atom stereocenters. The predicted octanol–water partition coefficient (Wildman–Crippen LogP) is 3.36. The summed E-state index contributed by atoms with van der Waals surface area (Å²) in [6.45, 7) is 5.21. The van der Waals surface area contributed by atoms with Gasteiger partial charge in [0.2, 0.25) is 0 Å². The number of rotatable bonds is 4. The number of likely N-dealkylation sites (tertiary alicyclic amines) is 1. The van der Waals surface area contributed by atoms with Crippen molar-refractivity contribution in [1.82, 2.24) is 19.4 Å². The molecular weight excluding hydrogens is 376 g/mol. The molecule has 30 heavy (non-hydrogen) atoms. The molecule has 3 heterocycles. The van der Waals surface area contributed by atoms with Gasteiger partial charge in [0.15, 0.2) is 0 Å². The van der Waals surface area contributed by atoms with Gasteiger partial charge >= 0.3 is 5.69 Å². The summed E-state index contributed by atoms with van der Waals surface area (Å²) in [4.78, 5) is 33.7. The molecule has 1 fully saturated rings. The Bertz CT molecular complexity index is 1320. The van der Waals surface area contributed by atoms with Crippen LogP contribution in [0.1, 0.15) is 29.9 Å². The highest BCUT2D eigenvalue weighted by Gasteiger charge is 2.23. The van der Waals surface area contributed by atoms with Gasteiger partial charge in [0.25, 0.3) is 5.56 Å². The predicted molar refractivity (Wildman–Crippen MR) is 120 cm³/mol. The number of para-hydroxylation sites is 2. The molecule has 1 aliphatic heterocycles. The fourth-order valence-corrected chi connectivity index (χ4v) is 4.78. The Morgan fingerprint density at radius 3 is 2.57 bits per heavy atom. The molecule has 154 valence electrons. The smallest absolute Gasteiger partial charge is 0.328 e. The summed E-state index contributed by atoms with van der Waals surface area (Å²) in [5, 5.41) is 1.90. The summed E-state index contributed by atoms with van der Waals surface area (Å²) in [6.07, 6.45) is 4.35. The number of aromatic nitrogens is 3. The van der Waals surface area contributed by atoms with Crippen molar-refractivity contribution in [1.29, 1.82) is 0 Å². The summed E-state index contributed by atoms with van der Waals surface area (Å²) in [5.41, 5.74) is 3.99. The first-order chi connectivity index (χ1) is 14.6. The molecule has 0 radical (unpaired) electrons. The van der Waals surface area contributed by atoms with Gasteiger partial charge in [0.1, 0.15) is 0 Å². The molecule has 0 amide bonds. The maximum Gasteiger partial charge on any atom is 0.328 e. The van der Waals surface area contributed by atoms with Crippen LogP contribution in [0.2, 0.25) is 0 Å². The molecule has 2 aromatic heterocycles. The van der Waals surface area contributed by atoms with Crippen LogP contribution in [-0.2, 0) is 6.54 Å². The van der Waals surface area contributed by atoms with E-state index in [4.69, 9.17) is 0 Å². The monoisotopic (exact) mass is 402 g/mol. The Hall–Kier alpha value is -3.12. The first-order valence-corrected chi connectivity index (χ1v) is 10.6. The van der Waals surface area contributed by atoms with E-state index in [9.17, 15) is 9.59 Å². The van der Waals surface area contributed by atoms with E-state index in [1.807, 2.05) is 12.1 Å². The number of hydrogen-bond donors (Lipinski definition) is 2. The van der Waals surface area contributed by atoms with Crippen LogP contribution >= 0.6 is 0 Å². The van der Waals surface area contributed by atoms with Crippen molar-refractivity contribution in [2.45, 2.75) is 32.2 Å². The summed E-state index contributed by atoms with van der Waals surface area (Å²) in [6, 6.07) is 13.6. The SMILES string of the molecule is Cc1cccc2c(C3CCN(CCn4c(=O)[nH]c5ccccc5c4=O)CC3)c[nH]c12. The van der Waals surface area contributed by atoms with Crippen molar-refractivity contribution in [2.75, 3.05) is 19.6 Å². The minimum atomic E-state index is -0.331. The molecule has 1 aliphatic rings. The zero-order chi connectivity index (χ0) is 20.7. The van der Waals surface area contributed by atoms with Crippen LogP contribution in [0.15, 0.2) is 58.3 Å². The van der Waals surface area contributed by atoms with Crippen molar-refractivity contribution < 1.29 is 0 Å². The highest BCUT2D eigenvalue weighted by Crippen LogP contribution is 2.33. The van der Waals surface area contributed by atoms with Crippen molar-refractivity contribution >= 4 is 21.8 Å². The third-order valence-corrected chi connectivity index (χ3v) is 6.51. The van der Waals surface area contributed by atoms with Crippen molar-refractivity contribution in [3.8, 4) is 0 Å². The Kier molecular flexibility index (Phi) is 4.79. The number of H-pyrrole nitrogens is 2. The van der Waals surface area contributed by atoms with Gasteiger partial charge in [-0.15, -0.1) is 0 Å². The zero-order valence-corrected chi connectivity index (χ0v) is 17.1. The average molecular weight is 402 g/mol. The van der Waals surface area contributed by atoms with E-state index in [-0.39, 0.29) is 11.2 Å². The molecule has 0 atom stereocenters. The van der Waals surface area contributed by atoms with Gasteiger partial charge in [0.05, 0.1) is 10.9 Å². The number of aryl methyl sites for hydroxylation is 1. The highest BCUT2D eigenvalue weighted by molar-refractivity contribution is 5.86. The Morgan fingerprint density at radius 1 is 0.967 bits per heavy atom. The number of nitrogens with one attached hydrogen (secondary N) is 2. The number of piperidine rings is 1. The third kappa shape index (κ3) is 3.27. The number of benzene rings is 2. The third-order valence-electron chi connectivity index (χ3n) is 6.51. The lowest BCUT2D eigenvalue weighted by atomic mass is 9.89. The lowest BCUT2D eigenvalue weighted by molar-refractivity contribution is 0.204. The number of aromatic amines is 2. The van der Waals surface area contributed by atoms with Gasteiger partial charge in [-0.25, -0.2) is 4.79 Å². The Balaban J connectivity index is 1.27. The number of fused-ring (bicyclic) bond motifs is 2. The van der Waals surface area contributed by atoms with E-state index in [0.29, 0.717) is 29.9 Å². The van der Waals surface area contributed by atoms with Crippen LogP contribution in [0, 0.1) is 6.92 Å². The molecule has 5 rings (SSSR count). The van der Waals surface area contributed by atoms with Crippen LogP contribution in [0.3, 0.4) is 0 Å². The molecule has 0 bridgehead atoms. The summed E-state index contributed by atoms with van der Waals surface area (Å²) >= 11 is 0. The van der Waals surface area contributed by atoms with E-state index in [1.54, 1.807) is 12.1 Å². The second-order valence-electron chi connectivity index (χ2n) is 8.29. The standard InChI is InChI=1S/C24H26N4O2/c1-16-5-4-7-18-20(15-25-22(16)18)17-9-11-27(12-10-17)13-14-28-23(29)19-6-2-3-8-21(19)26-24(28)30/h2-8,15,17,25H,9-14H2,1H3,(H,26,30). The van der Waals surface area contributed by atoms with Crippen LogP contribution < -0.4 is 11.2 Å². The van der Waals surface area contributed by atoms with Gasteiger partial charge in [-0.3, -0.25) is 9.36 Å². The molecule has 2 aromatic carbocycles. The molecule has 0 saturated carbocycles. The minimum Gasteiger partial charge on any atom is -0.361 e. The average Bonchev–Trinajstić information content (AvgIpc) is 3.20. The Morgan fingerprint density at radius 2 is 1.73 bits per heavy atom. The molecule has 0 spiro atoms. The topological polar surface area (TPSA) is 73.9 Å². The fourth-order valence-electron chi connectivity index (χ4n) is 4.78. The van der Waals surface area contributed by atoms with Crippen molar-refractivity contribution in [2.24, 2.45) is 0 Å². The largest absolute Gasteiger partial charge is 0.361 e. The molecule has 6 heteroatoms. The molecular formula is C24H26N4O2. The van der Waals surface area contributed by atoms with Crippen LogP contribution in [0.25, 0.3) is 21.8 Å². The molecule has 2 N–H and O–H groups in total. The van der Waals surface area contributed by atoms with Gasteiger partial charge in [-0.05, 0) is 62.0 Å². The number of hydrogen-bond acceptors (Lipinski definition) is 3. The lowest BCUT2D eigenvalue weighted by Crippen LogP contribution is -2.41. The van der Waals surface area contributed by atoms with E-state index < -0.39 is 0 Å². The molecule has 0 aliphatic carbocycles. The second kappa shape index (κ2) is 7.61. The lowest BCUT2D eigenvalue weighted by Gasteiger charge is -2.32. The highest BCUT2D eigenvalue weighted by atomic mass is 16.2. The van der Waals surface area contributed by atoms with Crippen LogP contribution in [-0.4, -0.2) is 39.1 Å². The van der Waals surface area contributed by atoms with Gasteiger partial charge in [-0.2, -0.15) is 0 Å². The summed E-state index contributed by atoms with van der Waals surface area (Å²) < 4.78 is 1.33. The number of nitrogens with zero attached hydrogens (tertiary/aromatic N) is 2. The van der Waals surface area contributed by atoms with E-state index >= 15 is 0 Å². The quantitative estimate of drug-likeness (QED) is 0.550. The van der Waals surface area contributed by atoms with Crippen LogP contribution in [0.5, 0.6) is 0 Å².